The van der Waals surface area contributed by atoms with Gasteiger partial charge >= 0.3 is 0 Å². The van der Waals surface area contributed by atoms with Crippen molar-refractivity contribution in [2.24, 2.45) is 7.05 Å². The van der Waals surface area contributed by atoms with Gasteiger partial charge in [0, 0.05) is 24.2 Å². The molecule has 1 aromatic carbocycles. The summed E-state index contributed by atoms with van der Waals surface area (Å²) in [6.07, 6.45) is 3.46. The number of pyridine rings is 2. The first kappa shape index (κ1) is 22.5. The molecule has 0 radical (unpaired) electrons. The van der Waals surface area contributed by atoms with Crippen LogP contribution in [0.4, 0.5) is 0 Å². The minimum atomic E-state index is -0.774. The molecule has 1 N–H and O–H groups in total. The van der Waals surface area contributed by atoms with E-state index in [1.807, 2.05) is 38.2 Å². The van der Waals surface area contributed by atoms with Gasteiger partial charge in [-0.15, -0.1) is 0 Å². The van der Waals surface area contributed by atoms with Gasteiger partial charge in [-0.1, -0.05) is 6.07 Å². The lowest BCUT2D eigenvalue weighted by Gasteiger charge is -2.30. The van der Waals surface area contributed by atoms with Gasteiger partial charge in [0.2, 0.25) is 5.88 Å². The number of carbonyl (C=O) groups is 1. The highest BCUT2D eigenvalue weighted by Gasteiger charge is 2.33. The zero-order chi connectivity index (χ0) is 24.6. The molecule has 0 saturated heterocycles. The third-order valence-electron chi connectivity index (χ3n) is 6.28. The van der Waals surface area contributed by atoms with Crippen molar-refractivity contribution in [1.29, 1.82) is 5.26 Å². The van der Waals surface area contributed by atoms with E-state index in [1.165, 1.54) is 0 Å². The first-order valence-electron chi connectivity index (χ1n) is 11.1. The number of nitrogens with zero attached hydrogens (tertiary/aromatic N) is 5. The van der Waals surface area contributed by atoms with Gasteiger partial charge < -0.3 is 14.8 Å². The highest BCUT2D eigenvalue weighted by molar-refractivity contribution is 5.94. The number of ether oxygens (including phenoxy) is 2. The predicted octanol–water partition coefficient (Wildman–Crippen LogP) is 3.28. The maximum atomic E-state index is 12.9. The molecule has 3 aromatic heterocycles. The van der Waals surface area contributed by atoms with Gasteiger partial charge in [0.25, 0.3) is 5.91 Å². The van der Waals surface area contributed by atoms with Crippen molar-refractivity contribution in [2.75, 3.05) is 13.7 Å². The molecule has 0 unspecified atom stereocenters. The number of hydrogen-bond donors (Lipinski definition) is 1. The van der Waals surface area contributed by atoms with E-state index >= 15 is 0 Å². The smallest absolute Gasteiger partial charge is 0.251 e. The summed E-state index contributed by atoms with van der Waals surface area (Å²) < 4.78 is 12.6. The minimum Gasteiger partial charge on any atom is -0.481 e. The Kier molecular flexibility index (Phi) is 5.67. The Bertz CT molecular complexity index is 1490. The lowest BCUT2D eigenvalue weighted by atomic mass is 9.79. The molecule has 1 aliphatic rings. The second kappa shape index (κ2) is 8.81. The minimum absolute atomic E-state index is 0.233. The molecule has 0 bridgehead atoms. The molecule has 9 nitrogen and oxygen atoms in total. The van der Waals surface area contributed by atoms with Crippen molar-refractivity contribution >= 4 is 16.8 Å². The third-order valence-corrected chi connectivity index (χ3v) is 6.28. The van der Waals surface area contributed by atoms with E-state index in [9.17, 15) is 10.1 Å². The van der Waals surface area contributed by atoms with Gasteiger partial charge in [0.05, 0.1) is 61.6 Å². The second-order valence-electron chi connectivity index (χ2n) is 8.75. The molecule has 0 spiro atoms. The van der Waals surface area contributed by atoms with Gasteiger partial charge in [0.15, 0.2) is 0 Å². The van der Waals surface area contributed by atoms with Crippen LogP contribution in [0.3, 0.4) is 0 Å². The van der Waals surface area contributed by atoms with Crippen LogP contribution in [0, 0.1) is 11.3 Å². The molecular formula is C26H24N6O3. The van der Waals surface area contributed by atoms with Crippen molar-refractivity contribution in [3.05, 3.63) is 71.2 Å². The van der Waals surface area contributed by atoms with Crippen LogP contribution in [0.15, 0.2) is 48.8 Å². The average Bonchev–Trinajstić information content (AvgIpc) is 3.27. The van der Waals surface area contributed by atoms with Crippen LogP contribution >= 0.6 is 0 Å². The number of carbonyl (C=O) groups excluding carboxylic acids is 1. The first-order chi connectivity index (χ1) is 16.9. The van der Waals surface area contributed by atoms with Crippen LogP contribution < -0.4 is 10.1 Å². The summed E-state index contributed by atoms with van der Waals surface area (Å²) in [6.45, 7) is 2.82. The van der Waals surface area contributed by atoms with Gasteiger partial charge in [-0.2, -0.15) is 10.4 Å². The molecule has 35 heavy (non-hydrogen) atoms. The van der Waals surface area contributed by atoms with Crippen molar-refractivity contribution in [1.82, 2.24) is 25.1 Å². The molecule has 5 rings (SSSR count). The molecule has 1 aliphatic heterocycles. The first-order valence-corrected chi connectivity index (χ1v) is 11.1. The molecule has 0 fully saturated rings. The molecule has 0 saturated carbocycles. The van der Waals surface area contributed by atoms with E-state index in [0.29, 0.717) is 30.4 Å². The molecule has 0 aliphatic carbocycles. The predicted molar refractivity (Wildman–Crippen MR) is 129 cm³/mol. The summed E-state index contributed by atoms with van der Waals surface area (Å²) >= 11 is 0. The number of aryl methyl sites for hydroxylation is 1. The van der Waals surface area contributed by atoms with Crippen LogP contribution in [0.1, 0.15) is 34.1 Å². The molecule has 4 aromatic rings. The van der Waals surface area contributed by atoms with E-state index < -0.39 is 5.41 Å². The maximum Gasteiger partial charge on any atom is 0.251 e. The standard InChI is InChI=1S/C26H24N6O3/c1-26(14-27)15-35-13-18-5-4-16(8-21(18)26)24(33)29-11-19-9-23-17(10-28-19)6-7-22(31-23)20-12-30-32(2)25(20)34-3/h4-10,12H,11,13,15H2,1-3H3,(H,29,33)/t26-/m1/s1. The summed E-state index contributed by atoms with van der Waals surface area (Å²) in [7, 11) is 3.41. The molecule has 1 amide bonds. The lowest BCUT2D eigenvalue weighted by Crippen LogP contribution is -2.33. The highest BCUT2D eigenvalue weighted by atomic mass is 16.5. The lowest BCUT2D eigenvalue weighted by molar-refractivity contribution is 0.0757. The van der Waals surface area contributed by atoms with Crippen LogP contribution in [-0.4, -0.2) is 39.4 Å². The van der Waals surface area contributed by atoms with Crippen molar-refractivity contribution in [3.63, 3.8) is 0 Å². The number of rotatable bonds is 5. The zero-order valence-corrected chi connectivity index (χ0v) is 19.7. The fraction of sp³-hybridized carbons (Fsp3) is 0.269. The van der Waals surface area contributed by atoms with E-state index in [0.717, 1.165) is 33.3 Å². The number of nitriles is 1. The Morgan fingerprint density at radius 1 is 1.29 bits per heavy atom. The normalized spacial score (nSPS) is 17.0. The average molecular weight is 469 g/mol. The SMILES string of the molecule is COc1c(-c2ccc3cnc(CNC(=O)c4ccc5c(c4)[C@](C)(C#N)COC5)cc3n2)cnn1C. The van der Waals surface area contributed by atoms with Crippen LogP contribution in [-0.2, 0) is 30.4 Å². The number of benzene rings is 1. The maximum absolute atomic E-state index is 12.9. The quantitative estimate of drug-likeness (QED) is 0.478. The van der Waals surface area contributed by atoms with Crippen LogP contribution in [0.2, 0.25) is 0 Å². The molecule has 1 atom stereocenters. The Labute approximate surface area is 202 Å². The van der Waals surface area contributed by atoms with E-state index in [4.69, 9.17) is 14.5 Å². The molecule has 4 heterocycles. The Morgan fingerprint density at radius 2 is 2.14 bits per heavy atom. The summed E-state index contributed by atoms with van der Waals surface area (Å²) in [5.41, 5.74) is 4.47. The number of amides is 1. The van der Waals surface area contributed by atoms with Gasteiger partial charge in [-0.3, -0.25) is 9.78 Å². The monoisotopic (exact) mass is 468 g/mol. The zero-order valence-electron chi connectivity index (χ0n) is 19.7. The fourth-order valence-electron chi connectivity index (χ4n) is 4.31. The van der Waals surface area contributed by atoms with Crippen LogP contribution in [0.5, 0.6) is 5.88 Å². The Balaban J connectivity index is 1.36. The molecular weight excluding hydrogens is 444 g/mol. The summed E-state index contributed by atoms with van der Waals surface area (Å²) in [6, 6.07) is 13.4. The number of fused-ring (bicyclic) bond motifs is 2. The molecule has 176 valence electrons. The van der Waals surface area contributed by atoms with Crippen molar-refractivity contribution in [3.8, 4) is 23.2 Å². The van der Waals surface area contributed by atoms with E-state index in [-0.39, 0.29) is 12.5 Å². The largest absolute Gasteiger partial charge is 0.481 e. The topological polar surface area (TPSA) is 115 Å². The van der Waals surface area contributed by atoms with E-state index in [1.54, 1.807) is 36.3 Å². The van der Waals surface area contributed by atoms with Gasteiger partial charge in [-0.05, 0) is 48.4 Å². The Hall–Kier alpha value is -4.29. The number of hydrogen-bond acceptors (Lipinski definition) is 7. The number of aromatic nitrogens is 4. The molecule has 9 heteroatoms. The summed E-state index contributed by atoms with van der Waals surface area (Å²) in [4.78, 5) is 22.1. The van der Waals surface area contributed by atoms with E-state index in [2.05, 4.69) is 21.5 Å². The summed E-state index contributed by atoms with van der Waals surface area (Å²) in [5, 5.41) is 17.7. The van der Waals surface area contributed by atoms with Gasteiger partial charge in [-0.25, -0.2) is 9.67 Å². The van der Waals surface area contributed by atoms with Crippen molar-refractivity contribution in [2.45, 2.75) is 25.5 Å². The number of nitrogens with one attached hydrogen (secondary N) is 1. The van der Waals surface area contributed by atoms with Gasteiger partial charge in [0.1, 0.15) is 5.41 Å². The second-order valence-corrected chi connectivity index (χ2v) is 8.75. The fourth-order valence-corrected chi connectivity index (χ4v) is 4.31. The van der Waals surface area contributed by atoms with Crippen molar-refractivity contribution < 1.29 is 14.3 Å². The number of methoxy groups -OCH3 is 1. The summed E-state index contributed by atoms with van der Waals surface area (Å²) in [5.74, 6) is 0.394. The highest BCUT2D eigenvalue weighted by Crippen LogP contribution is 2.33. The third kappa shape index (κ3) is 4.09. The van der Waals surface area contributed by atoms with Crippen LogP contribution in [0.25, 0.3) is 22.2 Å². The Morgan fingerprint density at radius 3 is 2.94 bits per heavy atom.